The highest BCUT2D eigenvalue weighted by Gasteiger charge is 2.17. The van der Waals surface area contributed by atoms with Gasteiger partial charge < -0.3 is 15.4 Å². The maximum Gasteiger partial charge on any atom is 0.255 e. The molecule has 0 saturated carbocycles. The monoisotopic (exact) mass is 448 g/mol. The van der Waals surface area contributed by atoms with Gasteiger partial charge in [0.15, 0.2) is 0 Å². The second-order valence-corrected chi connectivity index (χ2v) is 8.84. The largest absolute Gasteiger partial charge is 0.497 e. The number of rotatable bonds is 8. The predicted molar refractivity (Wildman–Crippen MR) is 132 cm³/mol. The number of hydrogen-bond acceptors (Lipinski definition) is 4. The summed E-state index contributed by atoms with van der Waals surface area (Å²) < 4.78 is 5.18. The fraction of sp³-hybridized carbons (Fsp3) is 0.231. The number of para-hydroxylation sites is 1. The van der Waals surface area contributed by atoms with Crippen LogP contribution in [-0.2, 0) is 11.2 Å². The molecule has 5 nitrogen and oxygen atoms in total. The second-order valence-electron chi connectivity index (χ2n) is 7.43. The minimum absolute atomic E-state index is 0.0511. The number of methoxy groups -OCH3 is 1. The average molecular weight is 449 g/mol. The Hall–Kier alpha value is -3.25. The maximum absolute atomic E-state index is 12.8. The highest BCUT2D eigenvalue weighted by atomic mass is 32.2. The van der Waals surface area contributed by atoms with Crippen LogP contribution in [0.5, 0.6) is 5.75 Å². The molecule has 0 bridgehead atoms. The summed E-state index contributed by atoms with van der Waals surface area (Å²) in [4.78, 5) is 26.3. The molecule has 32 heavy (non-hydrogen) atoms. The van der Waals surface area contributed by atoms with Crippen LogP contribution in [0.3, 0.4) is 0 Å². The molecule has 1 atom stereocenters. The fourth-order valence-electron chi connectivity index (χ4n) is 3.30. The van der Waals surface area contributed by atoms with E-state index in [9.17, 15) is 9.59 Å². The van der Waals surface area contributed by atoms with Gasteiger partial charge in [-0.3, -0.25) is 9.59 Å². The predicted octanol–water partition coefficient (Wildman–Crippen LogP) is 5.94. The van der Waals surface area contributed by atoms with Crippen molar-refractivity contribution in [3.8, 4) is 5.75 Å². The molecule has 0 spiro atoms. The minimum Gasteiger partial charge on any atom is -0.497 e. The lowest BCUT2D eigenvalue weighted by Crippen LogP contribution is -2.23. The highest BCUT2D eigenvalue weighted by Crippen LogP contribution is 2.28. The maximum atomic E-state index is 12.8. The first kappa shape index (κ1) is 23.4. The van der Waals surface area contributed by atoms with Crippen LogP contribution in [0.1, 0.15) is 35.3 Å². The number of carbonyl (C=O) groups excluding carboxylic acids is 2. The molecule has 0 radical (unpaired) electrons. The number of nitrogens with one attached hydrogen (secondary N) is 2. The number of hydrogen-bond donors (Lipinski definition) is 2. The lowest BCUT2D eigenvalue weighted by molar-refractivity contribution is -0.115. The summed E-state index contributed by atoms with van der Waals surface area (Å²) >= 11 is 1.45. The summed E-state index contributed by atoms with van der Waals surface area (Å²) in [7, 11) is 1.57. The van der Waals surface area contributed by atoms with E-state index in [-0.39, 0.29) is 17.1 Å². The van der Waals surface area contributed by atoms with Gasteiger partial charge in [-0.05, 0) is 67.8 Å². The Morgan fingerprint density at radius 2 is 1.75 bits per heavy atom. The smallest absolute Gasteiger partial charge is 0.255 e. The van der Waals surface area contributed by atoms with Crippen molar-refractivity contribution in [3.63, 3.8) is 0 Å². The molecule has 0 saturated heterocycles. The van der Waals surface area contributed by atoms with Crippen molar-refractivity contribution in [2.45, 2.75) is 37.3 Å². The van der Waals surface area contributed by atoms with Gasteiger partial charge in [-0.1, -0.05) is 37.3 Å². The van der Waals surface area contributed by atoms with Gasteiger partial charge in [0.25, 0.3) is 5.91 Å². The van der Waals surface area contributed by atoms with Crippen LogP contribution in [0.4, 0.5) is 11.4 Å². The summed E-state index contributed by atoms with van der Waals surface area (Å²) in [5.74, 6) is 0.356. The van der Waals surface area contributed by atoms with Crippen molar-refractivity contribution in [2.24, 2.45) is 0 Å². The quantitative estimate of drug-likeness (QED) is 0.419. The average Bonchev–Trinajstić information content (AvgIpc) is 2.80. The van der Waals surface area contributed by atoms with Crippen molar-refractivity contribution in [2.75, 3.05) is 17.7 Å². The highest BCUT2D eigenvalue weighted by molar-refractivity contribution is 8.00. The van der Waals surface area contributed by atoms with Gasteiger partial charge in [-0.25, -0.2) is 0 Å². The van der Waals surface area contributed by atoms with E-state index in [4.69, 9.17) is 4.74 Å². The SMILES string of the molecule is CCc1cccc(C)c1NC(=O)C(C)Sc1cccc(NC(=O)c2cccc(OC)c2)c1. The minimum atomic E-state index is -0.302. The van der Waals surface area contributed by atoms with E-state index >= 15 is 0 Å². The lowest BCUT2D eigenvalue weighted by atomic mass is 10.1. The fourth-order valence-corrected chi connectivity index (χ4v) is 4.23. The Bertz CT molecular complexity index is 1110. The Morgan fingerprint density at radius 3 is 2.50 bits per heavy atom. The third kappa shape index (κ3) is 5.92. The number of amides is 2. The van der Waals surface area contributed by atoms with Gasteiger partial charge in [0, 0.05) is 21.8 Å². The van der Waals surface area contributed by atoms with Crippen LogP contribution >= 0.6 is 11.8 Å². The van der Waals surface area contributed by atoms with Crippen molar-refractivity contribution < 1.29 is 14.3 Å². The zero-order chi connectivity index (χ0) is 23.1. The van der Waals surface area contributed by atoms with E-state index in [1.54, 1.807) is 31.4 Å². The van der Waals surface area contributed by atoms with Crippen LogP contribution in [0.2, 0.25) is 0 Å². The summed E-state index contributed by atoms with van der Waals surface area (Å²) in [6, 6.07) is 20.5. The molecule has 1 unspecified atom stereocenters. The molecule has 2 amide bonds. The Balaban J connectivity index is 1.66. The standard InChI is InChI=1S/C26H28N2O3S/c1-5-19-10-6-9-17(2)24(19)28-25(29)18(3)32-23-14-8-12-21(16-23)27-26(30)20-11-7-13-22(15-20)31-4/h6-16,18H,5H2,1-4H3,(H,27,30)(H,28,29). The van der Waals surface area contributed by atoms with Gasteiger partial charge in [-0.15, -0.1) is 11.8 Å². The van der Waals surface area contributed by atoms with Gasteiger partial charge in [0.1, 0.15) is 5.75 Å². The molecular weight excluding hydrogens is 420 g/mol. The van der Waals surface area contributed by atoms with Crippen LogP contribution in [0, 0.1) is 6.92 Å². The number of carbonyl (C=O) groups is 2. The number of ether oxygens (including phenoxy) is 1. The lowest BCUT2D eigenvalue weighted by Gasteiger charge is -2.16. The molecule has 3 rings (SSSR count). The Labute approximate surface area is 193 Å². The summed E-state index contributed by atoms with van der Waals surface area (Å²) in [6.45, 7) is 5.96. The molecule has 0 aliphatic carbocycles. The first-order valence-electron chi connectivity index (χ1n) is 10.5. The molecule has 6 heteroatoms. The second kappa shape index (κ2) is 10.9. The molecule has 0 aromatic heterocycles. The zero-order valence-corrected chi connectivity index (χ0v) is 19.6. The number of anilines is 2. The van der Waals surface area contributed by atoms with Crippen molar-refractivity contribution in [3.05, 3.63) is 83.4 Å². The van der Waals surface area contributed by atoms with E-state index in [0.29, 0.717) is 17.0 Å². The Kier molecular flexibility index (Phi) is 7.95. The van der Waals surface area contributed by atoms with Gasteiger partial charge in [-0.2, -0.15) is 0 Å². The Morgan fingerprint density at radius 1 is 1.00 bits per heavy atom. The molecule has 2 N–H and O–H groups in total. The van der Waals surface area contributed by atoms with Crippen LogP contribution in [0.15, 0.2) is 71.6 Å². The molecule has 3 aromatic rings. The van der Waals surface area contributed by atoms with E-state index in [1.807, 2.05) is 56.3 Å². The van der Waals surface area contributed by atoms with Gasteiger partial charge in [0.05, 0.1) is 12.4 Å². The molecule has 3 aromatic carbocycles. The van der Waals surface area contributed by atoms with Gasteiger partial charge >= 0.3 is 0 Å². The summed E-state index contributed by atoms with van der Waals surface area (Å²) in [5.41, 5.74) is 4.25. The molecule has 166 valence electrons. The van der Waals surface area contributed by atoms with E-state index in [0.717, 1.165) is 28.1 Å². The topological polar surface area (TPSA) is 67.4 Å². The summed E-state index contributed by atoms with van der Waals surface area (Å²) in [6.07, 6.45) is 0.855. The zero-order valence-electron chi connectivity index (χ0n) is 18.8. The van der Waals surface area contributed by atoms with Crippen molar-refractivity contribution >= 4 is 35.0 Å². The number of aryl methyl sites for hydroxylation is 2. The first-order valence-corrected chi connectivity index (χ1v) is 11.4. The molecule has 0 aliphatic heterocycles. The molecule has 0 fully saturated rings. The van der Waals surface area contributed by atoms with E-state index in [1.165, 1.54) is 11.8 Å². The van der Waals surface area contributed by atoms with Gasteiger partial charge in [0.2, 0.25) is 5.91 Å². The molecule has 0 aliphatic rings. The van der Waals surface area contributed by atoms with Crippen LogP contribution < -0.4 is 15.4 Å². The van der Waals surface area contributed by atoms with E-state index in [2.05, 4.69) is 17.6 Å². The number of benzene rings is 3. The van der Waals surface area contributed by atoms with Crippen LogP contribution in [0.25, 0.3) is 0 Å². The van der Waals surface area contributed by atoms with E-state index < -0.39 is 0 Å². The molecule has 0 heterocycles. The third-order valence-corrected chi connectivity index (χ3v) is 6.19. The van der Waals surface area contributed by atoms with Crippen molar-refractivity contribution in [1.29, 1.82) is 0 Å². The third-order valence-electron chi connectivity index (χ3n) is 5.09. The van der Waals surface area contributed by atoms with Crippen LogP contribution in [-0.4, -0.2) is 24.2 Å². The summed E-state index contributed by atoms with van der Waals surface area (Å²) in [5, 5.41) is 5.69. The normalized spacial score (nSPS) is 11.5. The number of thioether (sulfide) groups is 1. The first-order chi connectivity index (χ1) is 15.4. The molecular formula is C26H28N2O3S. The van der Waals surface area contributed by atoms with Crippen molar-refractivity contribution in [1.82, 2.24) is 0 Å².